The minimum absolute atomic E-state index is 0.282. The first-order chi connectivity index (χ1) is 16.3. The van der Waals surface area contributed by atoms with Gasteiger partial charge < -0.3 is 9.47 Å². The van der Waals surface area contributed by atoms with Crippen LogP contribution < -0.4 is 14.9 Å². The average molecular weight is 445 g/mol. The van der Waals surface area contributed by atoms with Crippen LogP contribution in [0.4, 0.5) is 0 Å². The molecule has 3 aromatic carbocycles. The summed E-state index contributed by atoms with van der Waals surface area (Å²) in [6.45, 7) is 3.37. The number of rotatable bonds is 13. The van der Waals surface area contributed by atoms with Crippen molar-refractivity contribution in [3.05, 3.63) is 95.6 Å². The number of nitrogens with one attached hydrogen (secondary N) is 1. The van der Waals surface area contributed by atoms with Crippen molar-refractivity contribution in [2.75, 3.05) is 6.61 Å². The smallest absolute Gasteiger partial charge is 0.271 e. The van der Waals surface area contributed by atoms with Gasteiger partial charge in [0.15, 0.2) is 0 Å². The van der Waals surface area contributed by atoms with Gasteiger partial charge >= 0.3 is 0 Å². The summed E-state index contributed by atoms with van der Waals surface area (Å²) in [4.78, 5) is 12.4. The number of nitrogens with zero attached hydrogens (tertiary/aromatic N) is 1. The fourth-order valence-corrected chi connectivity index (χ4v) is 3.27. The third-order valence-corrected chi connectivity index (χ3v) is 5.16. The van der Waals surface area contributed by atoms with Crippen molar-refractivity contribution in [2.24, 2.45) is 5.10 Å². The van der Waals surface area contributed by atoms with Gasteiger partial charge in [-0.25, -0.2) is 5.43 Å². The second-order valence-electron chi connectivity index (χ2n) is 7.80. The molecule has 0 saturated heterocycles. The second-order valence-corrected chi connectivity index (χ2v) is 7.80. The molecule has 0 radical (unpaired) electrons. The standard InChI is InChI=1S/C28H32N2O3/c1-2-3-4-5-11-20-32-27-15-10-9-14-25(27)21-29-30-28(31)24-16-18-26(19-17-24)33-22-23-12-7-6-8-13-23/h6-10,12-19,21H,2-5,11,20,22H2,1H3,(H,30,31). The maximum absolute atomic E-state index is 12.4. The summed E-state index contributed by atoms with van der Waals surface area (Å²) in [7, 11) is 0. The molecule has 1 amide bonds. The topological polar surface area (TPSA) is 59.9 Å². The molecule has 172 valence electrons. The Balaban J connectivity index is 1.46. The van der Waals surface area contributed by atoms with E-state index in [-0.39, 0.29) is 5.91 Å². The summed E-state index contributed by atoms with van der Waals surface area (Å²) in [5, 5.41) is 4.11. The van der Waals surface area contributed by atoms with Gasteiger partial charge in [-0.05, 0) is 48.4 Å². The van der Waals surface area contributed by atoms with Gasteiger partial charge in [0.05, 0.1) is 12.8 Å². The normalized spacial score (nSPS) is 10.8. The summed E-state index contributed by atoms with van der Waals surface area (Å²) >= 11 is 0. The van der Waals surface area contributed by atoms with Crippen molar-refractivity contribution in [1.29, 1.82) is 0 Å². The van der Waals surface area contributed by atoms with Crippen LogP contribution >= 0.6 is 0 Å². The summed E-state index contributed by atoms with van der Waals surface area (Å²) in [6.07, 6.45) is 7.57. The number of unbranched alkanes of at least 4 members (excludes halogenated alkanes) is 4. The quantitative estimate of drug-likeness (QED) is 0.189. The first-order valence-corrected chi connectivity index (χ1v) is 11.6. The highest BCUT2D eigenvalue weighted by Crippen LogP contribution is 2.17. The molecular weight excluding hydrogens is 412 g/mol. The first kappa shape index (κ1) is 24.1. The Bertz CT molecular complexity index is 1000. The molecule has 0 fully saturated rings. The number of hydrazone groups is 1. The van der Waals surface area contributed by atoms with Crippen LogP contribution in [0, 0.1) is 0 Å². The lowest BCUT2D eigenvalue weighted by atomic mass is 10.2. The van der Waals surface area contributed by atoms with Crippen LogP contribution in [0.15, 0.2) is 84.0 Å². The van der Waals surface area contributed by atoms with E-state index >= 15 is 0 Å². The molecule has 3 rings (SSSR count). The van der Waals surface area contributed by atoms with Gasteiger partial charge in [0, 0.05) is 11.1 Å². The van der Waals surface area contributed by atoms with Gasteiger partial charge in [-0.3, -0.25) is 4.79 Å². The molecule has 0 aromatic heterocycles. The van der Waals surface area contributed by atoms with Crippen molar-refractivity contribution < 1.29 is 14.3 Å². The summed E-state index contributed by atoms with van der Waals surface area (Å²) in [6, 6.07) is 24.7. The molecule has 1 N–H and O–H groups in total. The van der Waals surface area contributed by atoms with Crippen LogP contribution in [0.3, 0.4) is 0 Å². The largest absolute Gasteiger partial charge is 0.493 e. The molecule has 0 aliphatic rings. The Morgan fingerprint density at radius 3 is 2.36 bits per heavy atom. The monoisotopic (exact) mass is 444 g/mol. The Morgan fingerprint density at radius 1 is 0.848 bits per heavy atom. The lowest BCUT2D eigenvalue weighted by molar-refractivity contribution is 0.0955. The molecule has 0 bridgehead atoms. The molecule has 5 heteroatoms. The van der Waals surface area contributed by atoms with Crippen molar-refractivity contribution in [1.82, 2.24) is 5.43 Å². The lowest BCUT2D eigenvalue weighted by Crippen LogP contribution is -2.17. The van der Waals surface area contributed by atoms with E-state index in [1.54, 1.807) is 30.5 Å². The third kappa shape index (κ3) is 8.45. The van der Waals surface area contributed by atoms with Crippen LogP contribution in [0.2, 0.25) is 0 Å². The number of hydrogen-bond acceptors (Lipinski definition) is 4. The van der Waals surface area contributed by atoms with Crippen molar-refractivity contribution in [3.63, 3.8) is 0 Å². The summed E-state index contributed by atoms with van der Waals surface area (Å²) < 4.78 is 11.7. The zero-order valence-electron chi connectivity index (χ0n) is 19.2. The van der Waals surface area contributed by atoms with Gasteiger partial charge in [-0.2, -0.15) is 5.10 Å². The van der Waals surface area contributed by atoms with E-state index in [1.807, 2.05) is 54.6 Å². The van der Waals surface area contributed by atoms with Crippen LogP contribution in [0.25, 0.3) is 0 Å². The molecular formula is C28H32N2O3. The van der Waals surface area contributed by atoms with Crippen molar-refractivity contribution in [2.45, 2.75) is 45.6 Å². The van der Waals surface area contributed by atoms with E-state index in [0.29, 0.717) is 24.5 Å². The molecule has 0 aliphatic heterocycles. The highest BCUT2D eigenvalue weighted by Gasteiger charge is 2.05. The fourth-order valence-electron chi connectivity index (χ4n) is 3.27. The molecule has 0 spiro atoms. The highest BCUT2D eigenvalue weighted by molar-refractivity contribution is 5.95. The van der Waals surface area contributed by atoms with Crippen LogP contribution in [-0.4, -0.2) is 18.7 Å². The Kier molecular flexibility index (Phi) is 10.0. The minimum Gasteiger partial charge on any atom is -0.493 e. The minimum atomic E-state index is -0.282. The Labute approximate surface area is 196 Å². The maximum Gasteiger partial charge on any atom is 0.271 e. The van der Waals surface area contributed by atoms with E-state index in [0.717, 1.165) is 23.3 Å². The fraction of sp³-hybridized carbons (Fsp3) is 0.286. The van der Waals surface area contributed by atoms with E-state index in [4.69, 9.17) is 9.47 Å². The van der Waals surface area contributed by atoms with Gasteiger partial charge in [0.1, 0.15) is 18.1 Å². The van der Waals surface area contributed by atoms with Gasteiger partial charge in [-0.1, -0.05) is 75.1 Å². The van der Waals surface area contributed by atoms with Crippen molar-refractivity contribution in [3.8, 4) is 11.5 Å². The van der Waals surface area contributed by atoms with Gasteiger partial charge in [-0.15, -0.1) is 0 Å². The van der Waals surface area contributed by atoms with Crippen LogP contribution in [0.1, 0.15) is 60.5 Å². The maximum atomic E-state index is 12.4. The molecule has 0 heterocycles. The summed E-state index contributed by atoms with van der Waals surface area (Å²) in [5.74, 6) is 1.20. The Hall–Kier alpha value is -3.60. The molecule has 0 saturated carbocycles. The first-order valence-electron chi connectivity index (χ1n) is 11.6. The Morgan fingerprint density at radius 2 is 1.58 bits per heavy atom. The molecule has 0 aliphatic carbocycles. The number of carbonyl (C=O) groups excluding carboxylic acids is 1. The number of hydrogen-bond donors (Lipinski definition) is 1. The number of benzene rings is 3. The van der Waals surface area contributed by atoms with E-state index in [9.17, 15) is 4.79 Å². The number of ether oxygens (including phenoxy) is 2. The molecule has 3 aromatic rings. The predicted molar refractivity (Wildman–Crippen MR) is 133 cm³/mol. The summed E-state index contributed by atoms with van der Waals surface area (Å²) in [5.41, 5.74) is 5.01. The molecule has 0 unspecified atom stereocenters. The van der Waals surface area contributed by atoms with E-state index < -0.39 is 0 Å². The van der Waals surface area contributed by atoms with Gasteiger partial charge in [0.2, 0.25) is 0 Å². The van der Waals surface area contributed by atoms with Crippen LogP contribution in [0.5, 0.6) is 11.5 Å². The molecule has 5 nitrogen and oxygen atoms in total. The van der Waals surface area contributed by atoms with Gasteiger partial charge in [0.25, 0.3) is 5.91 Å². The SMILES string of the molecule is CCCCCCCOc1ccccc1C=NNC(=O)c1ccc(OCc2ccccc2)cc1. The lowest BCUT2D eigenvalue weighted by Gasteiger charge is -2.09. The molecule has 33 heavy (non-hydrogen) atoms. The third-order valence-electron chi connectivity index (χ3n) is 5.16. The number of carbonyl (C=O) groups is 1. The zero-order valence-corrected chi connectivity index (χ0v) is 19.2. The van der Waals surface area contributed by atoms with E-state index in [1.165, 1.54) is 25.7 Å². The van der Waals surface area contributed by atoms with Crippen molar-refractivity contribution >= 4 is 12.1 Å². The van der Waals surface area contributed by atoms with E-state index in [2.05, 4.69) is 17.5 Å². The highest BCUT2D eigenvalue weighted by atomic mass is 16.5. The average Bonchev–Trinajstić information content (AvgIpc) is 2.86. The van der Waals surface area contributed by atoms with Crippen LogP contribution in [-0.2, 0) is 6.61 Å². The number of amides is 1. The number of para-hydroxylation sites is 1. The zero-order chi connectivity index (χ0) is 23.1. The molecule has 0 atom stereocenters. The predicted octanol–water partition coefficient (Wildman–Crippen LogP) is 6.38. The second kappa shape index (κ2) is 13.7.